The molecule has 0 unspecified atom stereocenters. The number of anilines is 1. The number of benzene rings is 2. The number of carbonyl (C=O) groups excluding carboxylic acids is 3. The molecule has 218 valence electrons. The number of fused-ring (bicyclic) bond motifs is 1. The molecule has 2 aromatic carbocycles. The molecule has 14 nitrogen and oxygen atoms in total. The maximum absolute atomic E-state index is 12.4. The summed E-state index contributed by atoms with van der Waals surface area (Å²) in [4.78, 5) is 53.4. The number of hydrogen-bond donors (Lipinski definition) is 0. The Balaban J connectivity index is 1.61. The van der Waals surface area contributed by atoms with Crippen molar-refractivity contribution in [2.24, 2.45) is 10.2 Å². The SMILES string of the molecule is COc1cc2c(c(OC)c1N=Nc1ccc([N+](=O)[O-])cc1C#N)C=CC(C)(C)N2CCCC(=O)ON1C(=O)CCC1=O. The normalized spacial score (nSPS) is 15.5. The topological polar surface area (TPSA) is 177 Å². The molecule has 0 aromatic heterocycles. The Labute approximate surface area is 240 Å². The number of ether oxygens (including phenoxy) is 2. The summed E-state index contributed by atoms with van der Waals surface area (Å²) in [5, 5.41) is 29.5. The number of nitriles is 1. The zero-order valence-electron chi connectivity index (χ0n) is 23.4. The summed E-state index contributed by atoms with van der Waals surface area (Å²) in [5.74, 6) is -1.09. The Morgan fingerprint density at radius 2 is 1.86 bits per heavy atom. The minimum absolute atomic E-state index is 0.0198. The molecule has 2 heterocycles. The number of nitro benzene ring substituents is 1. The monoisotopic (exact) mass is 576 g/mol. The van der Waals surface area contributed by atoms with Crippen molar-refractivity contribution in [1.82, 2.24) is 5.06 Å². The van der Waals surface area contributed by atoms with Gasteiger partial charge in [-0.2, -0.15) is 5.26 Å². The predicted molar refractivity (Wildman–Crippen MR) is 148 cm³/mol. The van der Waals surface area contributed by atoms with Gasteiger partial charge in [0.1, 0.15) is 11.8 Å². The van der Waals surface area contributed by atoms with E-state index in [4.69, 9.17) is 14.3 Å². The Hall–Kier alpha value is -5.32. The van der Waals surface area contributed by atoms with Gasteiger partial charge in [0, 0.05) is 49.6 Å². The molecule has 0 bridgehead atoms. The number of methoxy groups -OCH3 is 2. The Bertz CT molecular complexity index is 1540. The lowest BCUT2D eigenvalue weighted by atomic mass is 9.92. The van der Waals surface area contributed by atoms with Crippen LogP contribution >= 0.6 is 0 Å². The van der Waals surface area contributed by atoms with Gasteiger partial charge in [-0.15, -0.1) is 15.3 Å². The first-order valence-electron chi connectivity index (χ1n) is 12.9. The van der Waals surface area contributed by atoms with Gasteiger partial charge in [-0.25, -0.2) is 4.79 Å². The van der Waals surface area contributed by atoms with Crippen molar-refractivity contribution in [1.29, 1.82) is 5.26 Å². The van der Waals surface area contributed by atoms with Crippen LogP contribution in [0.3, 0.4) is 0 Å². The average molecular weight is 577 g/mol. The van der Waals surface area contributed by atoms with E-state index in [1.807, 2.05) is 32.1 Å². The van der Waals surface area contributed by atoms with Crippen molar-refractivity contribution in [2.75, 3.05) is 25.7 Å². The second-order valence-corrected chi connectivity index (χ2v) is 9.95. The van der Waals surface area contributed by atoms with Crippen molar-refractivity contribution in [3.05, 3.63) is 51.6 Å². The zero-order valence-corrected chi connectivity index (χ0v) is 23.4. The summed E-state index contributed by atoms with van der Waals surface area (Å²) < 4.78 is 11.3. The van der Waals surface area contributed by atoms with Gasteiger partial charge in [-0.1, -0.05) is 12.2 Å². The lowest BCUT2D eigenvalue weighted by molar-refractivity contribution is -0.384. The molecule has 42 heavy (non-hydrogen) atoms. The van der Waals surface area contributed by atoms with Crippen molar-refractivity contribution >= 4 is 46.6 Å². The number of non-ortho nitro benzene ring substituents is 1. The first kappa shape index (κ1) is 29.7. The lowest BCUT2D eigenvalue weighted by Crippen LogP contribution is -2.45. The minimum atomic E-state index is -0.682. The molecule has 14 heteroatoms. The van der Waals surface area contributed by atoms with E-state index in [0.29, 0.717) is 35.1 Å². The highest BCUT2D eigenvalue weighted by molar-refractivity contribution is 6.01. The van der Waals surface area contributed by atoms with E-state index in [0.717, 1.165) is 11.8 Å². The van der Waals surface area contributed by atoms with Crippen LogP contribution in [0.2, 0.25) is 0 Å². The molecular weight excluding hydrogens is 548 g/mol. The molecule has 0 atom stereocenters. The van der Waals surface area contributed by atoms with Gasteiger partial charge in [0.15, 0.2) is 17.2 Å². The quantitative estimate of drug-likeness (QED) is 0.164. The van der Waals surface area contributed by atoms with E-state index >= 15 is 0 Å². The smallest absolute Gasteiger partial charge is 0.333 e. The lowest BCUT2D eigenvalue weighted by Gasteiger charge is -2.42. The van der Waals surface area contributed by atoms with Gasteiger partial charge in [0.25, 0.3) is 17.5 Å². The number of imide groups is 1. The molecular formula is C28H28N6O8. The molecule has 2 aromatic rings. The van der Waals surface area contributed by atoms with E-state index < -0.39 is 28.2 Å². The molecule has 1 saturated heterocycles. The van der Waals surface area contributed by atoms with Gasteiger partial charge in [-0.3, -0.25) is 19.7 Å². The molecule has 2 aliphatic heterocycles. The fraction of sp³-hybridized carbons (Fsp3) is 0.357. The van der Waals surface area contributed by atoms with Gasteiger partial charge in [0.2, 0.25) is 0 Å². The van der Waals surface area contributed by atoms with Gasteiger partial charge < -0.3 is 19.2 Å². The van der Waals surface area contributed by atoms with Gasteiger partial charge >= 0.3 is 5.97 Å². The minimum Gasteiger partial charge on any atom is -0.494 e. The van der Waals surface area contributed by atoms with E-state index in [1.54, 1.807) is 6.07 Å². The molecule has 0 aliphatic carbocycles. The zero-order chi connectivity index (χ0) is 30.6. The van der Waals surface area contributed by atoms with Crippen LogP contribution in [-0.2, 0) is 19.2 Å². The first-order chi connectivity index (χ1) is 20.0. The number of hydroxylamine groups is 2. The largest absolute Gasteiger partial charge is 0.494 e. The first-order valence-corrected chi connectivity index (χ1v) is 12.9. The van der Waals surface area contributed by atoms with E-state index in [1.165, 1.54) is 26.4 Å². The number of carbonyl (C=O) groups is 3. The Morgan fingerprint density at radius 3 is 2.48 bits per heavy atom. The summed E-state index contributed by atoms with van der Waals surface area (Å²) in [5.41, 5.74) is 1.05. The van der Waals surface area contributed by atoms with Crippen molar-refractivity contribution in [3.63, 3.8) is 0 Å². The number of nitrogens with zero attached hydrogens (tertiary/aromatic N) is 6. The maximum atomic E-state index is 12.4. The summed E-state index contributed by atoms with van der Waals surface area (Å²) in [6, 6.07) is 7.34. The van der Waals surface area contributed by atoms with Crippen LogP contribution in [0, 0.1) is 21.4 Å². The third-order valence-corrected chi connectivity index (χ3v) is 6.84. The fourth-order valence-electron chi connectivity index (χ4n) is 4.67. The van der Waals surface area contributed by atoms with Crippen LogP contribution < -0.4 is 14.4 Å². The number of hydrogen-bond acceptors (Lipinski definition) is 12. The maximum Gasteiger partial charge on any atom is 0.333 e. The van der Waals surface area contributed by atoms with Crippen molar-refractivity contribution in [3.8, 4) is 17.6 Å². The highest BCUT2D eigenvalue weighted by Crippen LogP contribution is 2.50. The molecule has 0 N–H and O–H groups in total. The van der Waals surface area contributed by atoms with E-state index in [-0.39, 0.29) is 41.9 Å². The van der Waals surface area contributed by atoms with E-state index in [2.05, 4.69) is 15.1 Å². The van der Waals surface area contributed by atoms with Crippen molar-refractivity contribution in [2.45, 2.75) is 45.1 Å². The number of azo groups is 1. The number of amides is 2. The predicted octanol–water partition coefficient (Wildman–Crippen LogP) is 4.90. The summed E-state index contributed by atoms with van der Waals surface area (Å²) >= 11 is 0. The second-order valence-electron chi connectivity index (χ2n) is 9.95. The Morgan fingerprint density at radius 1 is 1.14 bits per heavy atom. The fourth-order valence-corrected chi connectivity index (χ4v) is 4.67. The molecule has 0 spiro atoms. The second kappa shape index (κ2) is 12.0. The van der Waals surface area contributed by atoms with Crippen LogP contribution in [0.1, 0.15) is 50.7 Å². The van der Waals surface area contributed by atoms with Crippen LogP contribution in [0.15, 0.2) is 40.6 Å². The van der Waals surface area contributed by atoms with Crippen LogP contribution in [-0.4, -0.2) is 54.1 Å². The van der Waals surface area contributed by atoms with Crippen LogP contribution in [0.4, 0.5) is 22.7 Å². The third kappa shape index (κ3) is 5.90. The van der Waals surface area contributed by atoms with Crippen LogP contribution in [0.5, 0.6) is 11.5 Å². The highest BCUT2D eigenvalue weighted by Gasteiger charge is 2.34. The molecule has 2 amide bonds. The van der Waals surface area contributed by atoms with Crippen molar-refractivity contribution < 1.29 is 33.6 Å². The van der Waals surface area contributed by atoms with Crippen LogP contribution in [0.25, 0.3) is 6.08 Å². The summed E-state index contributed by atoms with van der Waals surface area (Å²) in [7, 11) is 2.92. The average Bonchev–Trinajstić information content (AvgIpc) is 3.28. The summed E-state index contributed by atoms with van der Waals surface area (Å²) in [6.07, 6.45) is 4.23. The number of nitro groups is 1. The number of rotatable bonds is 10. The standard InChI is InChI=1S/C28H28N6O8/c1-28(2)12-11-19-21(32(28)13-5-6-25(37)42-33-23(35)9-10-24(33)36)15-22(40-3)26(27(19)41-4)31-30-20-8-7-18(34(38)39)14-17(20)16-29/h7-8,11-12,14-15H,5-6,9-10,13H2,1-4H3. The summed E-state index contributed by atoms with van der Waals surface area (Å²) in [6.45, 7) is 4.40. The molecule has 0 saturated carbocycles. The molecule has 2 aliphatic rings. The van der Waals surface area contributed by atoms with Gasteiger partial charge in [0.05, 0.1) is 35.9 Å². The van der Waals surface area contributed by atoms with Gasteiger partial charge in [-0.05, 0) is 26.3 Å². The Kier molecular flexibility index (Phi) is 8.51. The molecule has 4 rings (SSSR count). The van der Waals surface area contributed by atoms with E-state index in [9.17, 15) is 29.8 Å². The highest BCUT2D eigenvalue weighted by atomic mass is 16.7. The molecule has 0 radical (unpaired) electrons. The third-order valence-electron chi connectivity index (χ3n) is 6.84. The molecule has 1 fully saturated rings.